The van der Waals surface area contributed by atoms with Gasteiger partial charge < -0.3 is 19.9 Å². The van der Waals surface area contributed by atoms with E-state index < -0.39 is 5.97 Å². The fourth-order valence-corrected chi connectivity index (χ4v) is 1.63. The molecule has 2 rings (SSSR count). The van der Waals surface area contributed by atoms with E-state index in [4.69, 9.17) is 15.2 Å². The molecule has 1 aromatic carbocycles. The lowest BCUT2D eigenvalue weighted by atomic mass is 10.2. The Morgan fingerprint density at radius 3 is 2.70 bits per heavy atom. The first-order valence-corrected chi connectivity index (χ1v) is 5.80. The van der Waals surface area contributed by atoms with Crippen molar-refractivity contribution in [1.29, 1.82) is 0 Å². The molecule has 6 nitrogen and oxygen atoms in total. The summed E-state index contributed by atoms with van der Waals surface area (Å²) in [5, 5.41) is 0. The van der Waals surface area contributed by atoms with Gasteiger partial charge in [-0.3, -0.25) is 0 Å². The summed E-state index contributed by atoms with van der Waals surface area (Å²) in [5.41, 5.74) is 6.46. The Labute approximate surface area is 116 Å². The van der Waals surface area contributed by atoms with Crippen molar-refractivity contribution in [3.8, 4) is 17.4 Å². The molecule has 0 atom stereocenters. The number of carbonyl (C=O) groups is 1. The minimum atomic E-state index is -0.519. The van der Waals surface area contributed by atoms with Crippen LogP contribution in [0.2, 0.25) is 0 Å². The number of rotatable bonds is 4. The summed E-state index contributed by atoms with van der Waals surface area (Å²) in [5.74, 6) is 0.636. The van der Waals surface area contributed by atoms with Crippen molar-refractivity contribution < 1.29 is 19.0 Å². The van der Waals surface area contributed by atoms with Crippen molar-refractivity contribution in [3.05, 3.63) is 42.1 Å². The number of nitrogens with zero attached hydrogens (tertiary/aromatic N) is 1. The van der Waals surface area contributed by atoms with Gasteiger partial charge in [0, 0.05) is 12.3 Å². The fraction of sp³-hybridized carbons (Fsp3) is 0.143. The SMILES string of the molecule is COC(=O)c1cccnc1Oc1ccc(OC)c(N)c1. The zero-order valence-corrected chi connectivity index (χ0v) is 11.1. The van der Waals surface area contributed by atoms with Crippen LogP contribution in [0.1, 0.15) is 10.4 Å². The lowest BCUT2D eigenvalue weighted by Gasteiger charge is -2.10. The average Bonchev–Trinajstić information content (AvgIpc) is 2.47. The van der Waals surface area contributed by atoms with Crippen LogP contribution in [0.3, 0.4) is 0 Å². The molecule has 0 radical (unpaired) electrons. The van der Waals surface area contributed by atoms with Crippen molar-refractivity contribution in [3.63, 3.8) is 0 Å². The molecule has 104 valence electrons. The molecule has 0 fully saturated rings. The van der Waals surface area contributed by atoms with Crippen LogP contribution < -0.4 is 15.2 Å². The Hall–Kier alpha value is -2.76. The van der Waals surface area contributed by atoms with Gasteiger partial charge >= 0.3 is 5.97 Å². The second kappa shape index (κ2) is 5.92. The fourth-order valence-electron chi connectivity index (χ4n) is 1.63. The molecular formula is C14H14N2O4. The van der Waals surface area contributed by atoms with Gasteiger partial charge in [-0.1, -0.05) is 0 Å². The van der Waals surface area contributed by atoms with Gasteiger partial charge in [-0.05, 0) is 24.3 Å². The van der Waals surface area contributed by atoms with Gasteiger partial charge in [-0.15, -0.1) is 0 Å². The molecule has 0 spiro atoms. The molecular weight excluding hydrogens is 260 g/mol. The summed E-state index contributed by atoms with van der Waals surface area (Å²) in [6, 6.07) is 8.13. The van der Waals surface area contributed by atoms with Gasteiger partial charge in [0.15, 0.2) is 0 Å². The molecule has 0 aliphatic carbocycles. The predicted octanol–water partition coefficient (Wildman–Crippen LogP) is 2.25. The van der Waals surface area contributed by atoms with Crippen molar-refractivity contribution in [2.45, 2.75) is 0 Å². The Kier molecular flexibility index (Phi) is 4.05. The molecule has 0 bridgehead atoms. The number of pyridine rings is 1. The number of aromatic nitrogens is 1. The first kappa shape index (κ1) is 13.7. The zero-order valence-electron chi connectivity index (χ0n) is 11.1. The van der Waals surface area contributed by atoms with Gasteiger partial charge in [-0.2, -0.15) is 0 Å². The van der Waals surface area contributed by atoms with Gasteiger partial charge in [0.2, 0.25) is 5.88 Å². The molecule has 0 amide bonds. The largest absolute Gasteiger partial charge is 0.495 e. The van der Waals surface area contributed by atoms with Crippen molar-refractivity contribution in [1.82, 2.24) is 4.98 Å². The van der Waals surface area contributed by atoms with Crippen LogP contribution in [-0.4, -0.2) is 25.2 Å². The third kappa shape index (κ3) is 2.80. The van der Waals surface area contributed by atoms with Gasteiger partial charge in [0.25, 0.3) is 0 Å². The third-order valence-electron chi connectivity index (χ3n) is 2.59. The van der Waals surface area contributed by atoms with Crippen LogP contribution in [0, 0.1) is 0 Å². The van der Waals surface area contributed by atoms with E-state index in [-0.39, 0.29) is 11.4 Å². The quantitative estimate of drug-likeness (QED) is 0.680. The van der Waals surface area contributed by atoms with Crippen LogP contribution in [0.5, 0.6) is 17.4 Å². The van der Waals surface area contributed by atoms with Crippen LogP contribution >= 0.6 is 0 Å². The Balaban J connectivity index is 2.30. The number of methoxy groups -OCH3 is 2. The minimum Gasteiger partial charge on any atom is -0.495 e. The first-order chi connectivity index (χ1) is 9.65. The number of hydrogen-bond donors (Lipinski definition) is 1. The van der Waals surface area contributed by atoms with E-state index in [1.54, 1.807) is 30.3 Å². The van der Waals surface area contributed by atoms with E-state index in [0.717, 1.165) is 0 Å². The lowest BCUT2D eigenvalue weighted by Crippen LogP contribution is -2.05. The van der Waals surface area contributed by atoms with Crippen LogP contribution in [0.25, 0.3) is 0 Å². The second-order valence-electron chi connectivity index (χ2n) is 3.85. The van der Waals surface area contributed by atoms with E-state index >= 15 is 0 Å². The number of hydrogen-bond acceptors (Lipinski definition) is 6. The molecule has 1 heterocycles. The smallest absolute Gasteiger partial charge is 0.343 e. The average molecular weight is 274 g/mol. The molecule has 6 heteroatoms. The first-order valence-electron chi connectivity index (χ1n) is 5.80. The normalized spacial score (nSPS) is 9.90. The summed E-state index contributed by atoms with van der Waals surface area (Å²) < 4.78 is 15.3. The van der Waals surface area contributed by atoms with Crippen LogP contribution in [-0.2, 0) is 4.74 Å². The molecule has 1 aromatic heterocycles. The highest BCUT2D eigenvalue weighted by molar-refractivity contribution is 5.91. The third-order valence-corrected chi connectivity index (χ3v) is 2.59. The second-order valence-corrected chi connectivity index (χ2v) is 3.85. The van der Waals surface area contributed by atoms with E-state index in [0.29, 0.717) is 17.2 Å². The Morgan fingerprint density at radius 1 is 1.25 bits per heavy atom. The Morgan fingerprint density at radius 2 is 2.05 bits per heavy atom. The molecule has 2 N–H and O–H groups in total. The van der Waals surface area contributed by atoms with Crippen molar-refractivity contribution in [2.24, 2.45) is 0 Å². The summed E-state index contributed by atoms with van der Waals surface area (Å²) in [7, 11) is 2.82. The van der Waals surface area contributed by atoms with E-state index in [1.807, 2.05) is 0 Å². The number of ether oxygens (including phenoxy) is 3. The molecule has 2 aromatic rings. The topological polar surface area (TPSA) is 83.7 Å². The summed E-state index contributed by atoms with van der Waals surface area (Å²) in [4.78, 5) is 15.6. The molecule has 0 unspecified atom stereocenters. The van der Waals surface area contributed by atoms with Gasteiger partial charge in [-0.25, -0.2) is 9.78 Å². The van der Waals surface area contributed by atoms with Gasteiger partial charge in [0.05, 0.1) is 19.9 Å². The molecule has 20 heavy (non-hydrogen) atoms. The van der Waals surface area contributed by atoms with Crippen molar-refractivity contribution in [2.75, 3.05) is 20.0 Å². The molecule has 0 aliphatic rings. The highest BCUT2D eigenvalue weighted by Gasteiger charge is 2.14. The summed E-state index contributed by atoms with van der Waals surface area (Å²) >= 11 is 0. The molecule has 0 aliphatic heterocycles. The van der Waals surface area contributed by atoms with Crippen molar-refractivity contribution >= 4 is 11.7 Å². The standard InChI is InChI=1S/C14H14N2O4/c1-18-12-6-5-9(8-11(12)15)20-13-10(14(17)19-2)4-3-7-16-13/h3-8H,15H2,1-2H3. The maximum absolute atomic E-state index is 11.6. The zero-order chi connectivity index (χ0) is 14.5. The van der Waals surface area contributed by atoms with Crippen LogP contribution in [0.15, 0.2) is 36.5 Å². The monoisotopic (exact) mass is 274 g/mol. The number of nitrogens with two attached hydrogens (primary N) is 1. The summed E-state index contributed by atoms with van der Waals surface area (Å²) in [6.45, 7) is 0. The number of anilines is 1. The number of esters is 1. The predicted molar refractivity (Wildman–Crippen MR) is 73.1 cm³/mol. The number of benzene rings is 1. The number of carbonyl (C=O) groups excluding carboxylic acids is 1. The minimum absolute atomic E-state index is 0.156. The summed E-state index contributed by atoms with van der Waals surface area (Å²) in [6.07, 6.45) is 1.52. The van der Waals surface area contributed by atoms with E-state index in [1.165, 1.54) is 20.4 Å². The Bertz CT molecular complexity index is 628. The highest BCUT2D eigenvalue weighted by Crippen LogP contribution is 2.29. The van der Waals surface area contributed by atoms with Gasteiger partial charge in [0.1, 0.15) is 17.1 Å². The highest BCUT2D eigenvalue weighted by atomic mass is 16.5. The number of nitrogen functional groups attached to an aromatic ring is 1. The maximum Gasteiger partial charge on any atom is 0.343 e. The molecule has 0 saturated carbocycles. The van der Waals surface area contributed by atoms with Crippen LogP contribution in [0.4, 0.5) is 5.69 Å². The van der Waals surface area contributed by atoms with E-state index in [9.17, 15) is 4.79 Å². The lowest BCUT2D eigenvalue weighted by molar-refractivity contribution is 0.0597. The van der Waals surface area contributed by atoms with E-state index in [2.05, 4.69) is 9.72 Å². The molecule has 0 saturated heterocycles. The maximum atomic E-state index is 11.6.